The first kappa shape index (κ1) is 20.4. The van der Waals surface area contributed by atoms with Crippen LogP contribution in [0.1, 0.15) is 39.5 Å². The fourth-order valence-corrected chi connectivity index (χ4v) is 3.96. The molecule has 0 bridgehead atoms. The van der Waals surface area contributed by atoms with E-state index >= 15 is 0 Å². The van der Waals surface area contributed by atoms with Gasteiger partial charge in [-0.2, -0.15) is 0 Å². The lowest BCUT2D eigenvalue weighted by atomic mass is 9.81. The van der Waals surface area contributed by atoms with Gasteiger partial charge in [0, 0.05) is 24.2 Å². The second-order valence-corrected chi connectivity index (χ2v) is 7.41. The third kappa shape index (κ3) is 5.84. The van der Waals surface area contributed by atoms with E-state index in [1.54, 1.807) is 23.9 Å². The number of carbonyl (C=O) groups is 2. The summed E-state index contributed by atoms with van der Waals surface area (Å²) in [4.78, 5) is 26.0. The number of benzene rings is 1. The Hall–Kier alpha value is -1.88. The number of ether oxygens (including phenoxy) is 1. The van der Waals surface area contributed by atoms with Gasteiger partial charge in [-0.15, -0.1) is 11.8 Å². The van der Waals surface area contributed by atoms with Crippen LogP contribution in [0, 0.1) is 11.7 Å². The van der Waals surface area contributed by atoms with Crippen LogP contribution in [-0.4, -0.2) is 23.9 Å². The molecule has 0 unspecified atom stereocenters. The first-order valence-electron chi connectivity index (χ1n) is 8.97. The summed E-state index contributed by atoms with van der Waals surface area (Å²) in [5, 5.41) is 0. The van der Waals surface area contributed by atoms with Crippen molar-refractivity contribution in [3.8, 4) is 0 Å². The van der Waals surface area contributed by atoms with Gasteiger partial charge in [-0.05, 0) is 49.3 Å². The van der Waals surface area contributed by atoms with Gasteiger partial charge < -0.3 is 4.74 Å². The summed E-state index contributed by atoms with van der Waals surface area (Å²) in [6.07, 6.45) is 5.83. The zero-order valence-electron chi connectivity index (χ0n) is 15.3. The van der Waals surface area contributed by atoms with E-state index in [-0.39, 0.29) is 28.9 Å². The van der Waals surface area contributed by atoms with E-state index in [1.165, 1.54) is 12.1 Å². The minimum atomic E-state index is -0.250. The SMILES string of the molecule is CC=CCOC(CC)=C1C(=O)CC(CCSc2ccc(F)cc2)CC1=O. The average molecular weight is 376 g/mol. The number of carbonyl (C=O) groups excluding carboxylic acids is 2. The lowest BCUT2D eigenvalue weighted by Crippen LogP contribution is -2.28. The van der Waals surface area contributed by atoms with Gasteiger partial charge in [-0.25, -0.2) is 4.39 Å². The monoisotopic (exact) mass is 376 g/mol. The second-order valence-electron chi connectivity index (χ2n) is 6.24. The molecule has 0 atom stereocenters. The van der Waals surface area contributed by atoms with Gasteiger partial charge in [0.05, 0.1) is 5.57 Å². The van der Waals surface area contributed by atoms with Crippen molar-refractivity contribution in [3.63, 3.8) is 0 Å². The highest BCUT2D eigenvalue weighted by molar-refractivity contribution is 7.99. The molecule has 1 fully saturated rings. The molecule has 1 aliphatic rings. The van der Waals surface area contributed by atoms with Crippen molar-refractivity contribution < 1.29 is 18.7 Å². The average Bonchev–Trinajstić information content (AvgIpc) is 2.61. The van der Waals surface area contributed by atoms with E-state index in [9.17, 15) is 14.0 Å². The maximum absolute atomic E-state index is 12.9. The number of allylic oxidation sites excluding steroid dienone is 3. The molecule has 1 aliphatic carbocycles. The van der Waals surface area contributed by atoms with Crippen molar-refractivity contribution in [3.05, 3.63) is 53.6 Å². The number of thioether (sulfide) groups is 1. The van der Waals surface area contributed by atoms with Crippen LogP contribution >= 0.6 is 11.8 Å². The zero-order valence-corrected chi connectivity index (χ0v) is 16.1. The molecule has 1 saturated carbocycles. The lowest BCUT2D eigenvalue weighted by Gasteiger charge is -2.23. The normalized spacial score (nSPS) is 17.8. The van der Waals surface area contributed by atoms with Crippen LogP contribution in [0.25, 0.3) is 0 Å². The largest absolute Gasteiger partial charge is 0.493 e. The van der Waals surface area contributed by atoms with Crippen molar-refractivity contribution >= 4 is 23.3 Å². The van der Waals surface area contributed by atoms with Gasteiger partial charge in [0.2, 0.25) is 0 Å². The minimum Gasteiger partial charge on any atom is -0.493 e. The molecule has 0 aliphatic heterocycles. The standard InChI is InChI=1S/C21H25FO3S/c1-3-5-11-25-20(4-2)21-18(23)13-15(14-19(21)24)10-12-26-17-8-6-16(22)7-9-17/h3,5-9,15H,4,10-14H2,1-2H3. The van der Waals surface area contributed by atoms with Gasteiger partial charge in [-0.3, -0.25) is 9.59 Å². The maximum Gasteiger partial charge on any atom is 0.170 e. The number of hydrogen-bond donors (Lipinski definition) is 0. The minimum absolute atomic E-state index is 0.0698. The predicted molar refractivity (Wildman–Crippen MR) is 103 cm³/mol. The lowest BCUT2D eigenvalue weighted by molar-refractivity contribution is -0.125. The molecule has 1 aromatic rings. The van der Waals surface area contributed by atoms with E-state index in [4.69, 9.17) is 4.74 Å². The molecule has 0 saturated heterocycles. The van der Waals surface area contributed by atoms with E-state index in [0.29, 0.717) is 31.6 Å². The van der Waals surface area contributed by atoms with Gasteiger partial charge in [0.15, 0.2) is 11.6 Å². The van der Waals surface area contributed by atoms with Crippen molar-refractivity contribution in [2.24, 2.45) is 5.92 Å². The molecule has 0 N–H and O–H groups in total. The van der Waals surface area contributed by atoms with Gasteiger partial charge in [0.1, 0.15) is 18.2 Å². The van der Waals surface area contributed by atoms with Crippen molar-refractivity contribution in [1.29, 1.82) is 0 Å². The zero-order chi connectivity index (χ0) is 18.9. The molecule has 0 spiro atoms. The molecule has 0 heterocycles. The van der Waals surface area contributed by atoms with E-state index in [1.807, 2.05) is 26.0 Å². The van der Waals surface area contributed by atoms with Crippen LogP contribution in [0.5, 0.6) is 0 Å². The smallest absolute Gasteiger partial charge is 0.170 e. The van der Waals surface area contributed by atoms with Crippen molar-refractivity contribution in [2.75, 3.05) is 12.4 Å². The molecule has 2 rings (SSSR count). The molecular formula is C21H25FO3S. The first-order chi connectivity index (χ1) is 12.5. The molecule has 5 heteroatoms. The third-order valence-corrected chi connectivity index (χ3v) is 5.35. The fourth-order valence-electron chi connectivity index (χ4n) is 2.94. The Morgan fingerprint density at radius 1 is 1.23 bits per heavy atom. The highest BCUT2D eigenvalue weighted by Gasteiger charge is 2.32. The Kier molecular flexibility index (Phi) is 8.10. The Morgan fingerprint density at radius 2 is 1.88 bits per heavy atom. The van der Waals surface area contributed by atoms with E-state index in [2.05, 4.69) is 0 Å². The van der Waals surface area contributed by atoms with Crippen LogP contribution in [0.4, 0.5) is 4.39 Å². The summed E-state index contributed by atoms with van der Waals surface area (Å²) in [6, 6.07) is 6.36. The summed E-state index contributed by atoms with van der Waals surface area (Å²) in [5.74, 6) is 0.928. The third-order valence-electron chi connectivity index (χ3n) is 4.30. The summed E-state index contributed by atoms with van der Waals surface area (Å²) >= 11 is 1.62. The maximum atomic E-state index is 12.9. The van der Waals surface area contributed by atoms with Gasteiger partial charge in [-0.1, -0.05) is 19.1 Å². The molecular weight excluding hydrogens is 351 g/mol. The molecule has 1 aromatic carbocycles. The molecule has 0 amide bonds. The Morgan fingerprint density at radius 3 is 2.46 bits per heavy atom. The van der Waals surface area contributed by atoms with Crippen LogP contribution in [0.2, 0.25) is 0 Å². The summed E-state index contributed by atoms with van der Waals surface area (Å²) in [7, 11) is 0. The van der Waals surface area contributed by atoms with Crippen LogP contribution in [-0.2, 0) is 14.3 Å². The highest BCUT2D eigenvalue weighted by Crippen LogP contribution is 2.30. The molecule has 26 heavy (non-hydrogen) atoms. The van der Waals surface area contributed by atoms with Crippen molar-refractivity contribution in [2.45, 2.75) is 44.4 Å². The summed E-state index contributed by atoms with van der Waals surface area (Å²) in [5.41, 5.74) is 0.263. The molecule has 0 aromatic heterocycles. The number of hydrogen-bond acceptors (Lipinski definition) is 4. The van der Waals surface area contributed by atoms with Gasteiger partial charge in [0.25, 0.3) is 0 Å². The van der Waals surface area contributed by atoms with E-state index < -0.39 is 0 Å². The van der Waals surface area contributed by atoms with Crippen molar-refractivity contribution in [1.82, 2.24) is 0 Å². The van der Waals surface area contributed by atoms with Crippen LogP contribution < -0.4 is 0 Å². The molecule has 140 valence electrons. The molecule has 3 nitrogen and oxygen atoms in total. The number of ketones is 2. The molecule has 0 radical (unpaired) electrons. The topological polar surface area (TPSA) is 43.4 Å². The van der Waals surface area contributed by atoms with E-state index in [0.717, 1.165) is 17.1 Å². The quantitative estimate of drug-likeness (QED) is 0.208. The predicted octanol–water partition coefficient (Wildman–Crippen LogP) is 5.11. The summed E-state index contributed by atoms with van der Waals surface area (Å²) in [6.45, 7) is 4.17. The summed E-state index contributed by atoms with van der Waals surface area (Å²) < 4.78 is 18.5. The fraction of sp³-hybridized carbons (Fsp3) is 0.429. The number of Topliss-reactive ketones (excluding diaryl/α,β-unsaturated/α-hetero) is 2. The Balaban J connectivity index is 1.91. The second kappa shape index (κ2) is 10.3. The van der Waals surface area contributed by atoms with Gasteiger partial charge >= 0.3 is 0 Å². The van der Waals surface area contributed by atoms with Crippen LogP contribution in [0.3, 0.4) is 0 Å². The first-order valence-corrected chi connectivity index (χ1v) is 9.95. The highest BCUT2D eigenvalue weighted by atomic mass is 32.2. The Bertz CT molecular complexity index is 672. The Labute approximate surface area is 158 Å². The number of rotatable bonds is 8. The number of halogens is 1. The van der Waals surface area contributed by atoms with Crippen LogP contribution in [0.15, 0.2) is 52.6 Å².